The maximum Gasteiger partial charge on any atom is 0.345 e. The summed E-state index contributed by atoms with van der Waals surface area (Å²) in [6.07, 6.45) is 0. The Morgan fingerprint density at radius 2 is 2.25 bits per heavy atom. The number of nitro benzene ring substituents is 1. The fourth-order valence-corrected chi connectivity index (χ4v) is 1.25. The number of aryl methyl sites for hydroxylation is 1. The maximum absolute atomic E-state index is 11.5. The molecule has 0 heterocycles. The number of carbonyl (C=O) groups excluding carboxylic acids is 1. The fourth-order valence-electron chi connectivity index (χ4n) is 1.17. The molecule has 0 radical (unpaired) electrons. The zero-order valence-electron chi connectivity index (χ0n) is 8.60. The molecule has 0 saturated heterocycles. The van der Waals surface area contributed by atoms with Gasteiger partial charge in [-0.2, -0.15) is 0 Å². The predicted octanol–water partition coefficient (Wildman–Crippen LogP) is 2.30. The molecule has 16 heavy (non-hydrogen) atoms. The molecule has 1 aromatic rings. The van der Waals surface area contributed by atoms with Crippen molar-refractivity contribution in [3.8, 4) is 0 Å². The third-order valence-electron chi connectivity index (χ3n) is 1.88. The van der Waals surface area contributed by atoms with E-state index in [0.29, 0.717) is 5.56 Å². The molecular formula is C10H10ClNO4. The maximum atomic E-state index is 11.5. The second-order valence-corrected chi connectivity index (χ2v) is 3.48. The molecule has 0 aliphatic carbocycles. The van der Waals surface area contributed by atoms with E-state index >= 15 is 0 Å². The second kappa shape index (κ2) is 5.46. The van der Waals surface area contributed by atoms with Gasteiger partial charge in [-0.25, -0.2) is 4.79 Å². The van der Waals surface area contributed by atoms with Crippen molar-refractivity contribution in [1.29, 1.82) is 0 Å². The van der Waals surface area contributed by atoms with Crippen LogP contribution in [0.15, 0.2) is 18.2 Å². The van der Waals surface area contributed by atoms with E-state index in [-0.39, 0.29) is 23.7 Å². The summed E-state index contributed by atoms with van der Waals surface area (Å²) < 4.78 is 4.73. The zero-order valence-corrected chi connectivity index (χ0v) is 9.36. The van der Waals surface area contributed by atoms with Crippen LogP contribution < -0.4 is 0 Å². The van der Waals surface area contributed by atoms with Crippen LogP contribution in [0.1, 0.15) is 15.9 Å². The van der Waals surface area contributed by atoms with Crippen molar-refractivity contribution in [2.24, 2.45) is 0 Å². The van der Waals surface area contributed by atoms with E-state index in [1.165, 1.54) is 12.1 Å². The second-order valence-electron chi connectivity index (χ2n) is 3.10. The molecule has 1 aromatic carbocycles. The Labute approximate surface area is 97.1 Å². The van der Waals surface area contributed by atoms with E-state index in [4.69, 9.17) is 16.3 Å². The summed E-state index contributed by atoms with van der Waals surface area (Å²) in [6, 6.07) is 4.33. The molecule has 0 aromatic heterocycles. The Hall–Kier alpha value is -1.62. The molecule has 6 heteroatoms. The normalized spacial score (nSPS) is 9.88. The van der Waals surface area contributed by atoms with Gasteiger partial charge < -0.3 is 4.74 Å². The van der Waals surface area contributed by atoms with Crippen LogP contribution in [0.25, 0.3) is 0 Å². The molecule has 1 rings (SSSR count). The number of ether oxygens (including phenoxy) is 1. The van der Waals surface area contributed by atoms with E-state index in [0.717, 1.165) is 0 Å². The number of halogens is 1. The van der Waals surface area contributed by atoms with E-state index in [2.05, 4.69) is 0 Å². The Morgan fingerprint density at radius 3 is 2.81 bits per heavy atom. The minimum atomic E-state index is -0.729. The molecule has 0 N–H and O–H groups in total. The topological polar surface area (TPSA) is 69.4 Å². The number of hydrogen-bond acceptors (Lipinski definition) is 4. The molecule has 0 fully saturated rings. The Balaban J connectivity index is 3.03. The molecule has 0 amide bonds. The predicted molar refractivity (Wildman–Crippen MR) is 58.8 cm³/mol. The monoisotopic (exact) mass is 243 g/mol. The standard InChI is InChI=1S/C10H10ClNO4/c1-7-2-3-8(9(6-7)12(14)15)10(13)16-5-4-11/h2-3,6H,4-5H2,1H3. The smallest absolute Gasteiger partial charge is 0.345 e. The van der Waals surface area contributed by atoms with Gasteiger partial charge in [0.15, 0.2) is 0 Å². The Bertz CT molecular complexity index is 419. The first-order valence-electron chi connectivity index (χ1n) is 4.54. The van der Waals surface area contributed by atoms with Crippen LogP contribution in [0.5, 0.6) is 0 Å². The highest BCUT2D eigenvalue weighted by Crippen LogP contribution is 2.20. The van der Waals surface area contributed by atoms with Gasteiger partial charge >= 0.3 is 5.97 Å². The number of benzene rings is 1. The van der Waals surface area contributed by atoms with Crippen molar-refractivity contribution >= 4 is 23.3 Å². The van der Waals surface area contributed by atoms with Crippen LogP contribution in [0.3, 0.4) is 0 Å². The Morgan fingerprint density at radius 1 is 1.56 bits per heavy atom. The van der Waals surface area contributed by atoms with E-state index in [1.807, 2.05) is 0 Å². The van der Waals surface area contributed by atoms with Gasteiger partial charge in [-0.1, -0.05) is 6.07 Å². The molecule has 5 nitrogen and oxygen atoms in total. The van der Waals surface area contributed by atoms with Crippen molar-refractivity contribution in [3.05, 3.63) is 39.4 Å². The summed E-state index contributed by atoms with van der Waals surface area (Å²) in [5.41, 5.74) is 0.404. The number of alkyl halides is 1. The van der Waals surface area contributed by atoms with Crippen LogP contribution in [0.4, 0.5) is 5.69 Å². The molecular weight excluding hydrogens is 234 g/mol. The highest BCUT2D eigenvalue weighted by Gasteiger charge is 2.21. The average molecular weight is 244 g/mol. The van der Waals surface area contributed by atoms with E-state index < -0.39 is 10.9 Å². The van der Waals surface area contributed by atoms with Gasteiger partial charge in [0.25, 0.3) is 5.69 Å². The summed E-state index contributed by atoms with van der Waals surface area (Å²) in [6.45, 7) is 1.74. The summed E-state index contributed by atoms with van der Waals surface area (Å²) in [7, 11) is 0. The van der Waals surface area contributed by atoms with Crippen LogP contribution >= 0.6 is 11.6 Å². The fraction of sp³-hybridized carbons (Fsp3) is 0.300. The SMILES string of the molecule is Cc1ccc(C(=O)OCCCl)c([N+](=O)[O-])c1. The molecule has 86 valence electrons. The van der Waals surface area contributed by atoms with Gasteiger partial charge in [-0.05, 0) is 18.6 Å². The summed E-state index contributed by atoms with van der Waals surface area (Å²) in [5, 5.41) is 10.7. The first-order valence-corrected chi connectivity index (χ1v) is 5.08. The lowest BCUT2D eigenvalue weighted by atomic mass is 10.1. The molecule has 0 saturated carbocycles. The van der Waals surface area contributed by atoms with Gasteiger partial charge in [0.05, 0.1) is 10.8 Å². The zero-order chi connectivity index (χ0) is 12.1. The van der Waals surface area contributed by atoms with Gasteiger partial charge in [0, 0.05) is 6.07 Å². The lowest BCUT2D eigenvalue weighted by Crippen LogP contribution is -2.09. The lowest BCUT2D eigenvalue weighted by Gasteiger charge is -2.04. The van der Waals surface area contributed by atoms with Crippen molar-refractivity contribution in [2.75, 3.05) is 12.5 Å². The Kier molecular flexibility index (Phi) is 4.25. The third-order valence-corrected chi connectivity index (χ3v) is 2.03. The van der Waals surface area contributed by atoms with Gasteiger partial charge in [0.1, 0.15) is 12.2 Å². The number of nitro groups is 1. The highest BCUT2D eigenvalue weighted by atomic mass is 35.5. The quantitative estimate of drug-likeness (QED) is 0.352. The molecule has 0 unspecified atom stereocenters. The molecule has 0 spiro atoms. The first kappa shape index (κ1) is 12.4. The molecule has 0 atom stereocenters. The number of nitrogens with zero attached hydrogens (tertiary/aromatic N) is 1. The van der Waals surface area contributed by atoms with Crippen LogP contribution in [0, 0.1) is 17.0 Å². The number of rotatable bonds is 4. The van der Waals surface area contributed by atoms with Crippen LogP contribution in [-0.2, 0) is 4.74 Å². The van der Waals surface area contributed by atoms with Gasteiger partial charge in [0.2, 0.25) is 0 Å². The molecule has 0 bridgehead atoms. The average Bonchev–Trinajstić information content (AvgIpc) is 2.25. The highest BCUT2D eigenvalue weighted by molar-refractivity contribution is 6.18. The third kappa shape index (κ3) is 2.93. The number of carbonyl (C=O) groups is 1. The minimum absolute atomic E-state index is 0.0332. The minimum Gasteiger partial charge on any atom is -0.461 e. The van der Waals surface area contributed by atoms with Crippen molar-refractivity contribution in [2.45, 2.75) is 6.92 Å². The van der Waals surface area contributed by atoms with E-state index in [1.54, 1.807) is 13.0 Å². The van der Waals surface area contributed by atoms with Crippen LogP contribution in [-0.4, -0.2) is 23.4 Å². The lowest BCUT2D eigenvalue weighted by molar-refractivity contribution is -0.385. The summed E-state index contributed by atoms with van der Waals surface area (Å²) in [5.74, 6) is -0.571. The summed E-state index contributed by atoms with van der Waals surface area (Å²) in [4.78, 5) is 21.6. The van der Waals surface area contributed by atoms with Gasteiger partial charge in [-0.15, -0.1) is 11.6 Å². The first-order chi connectivity index (χ1) is 7.56. The van der Waals surface area contributed by atoms with Gasteiger partial charge in [-0.3, -0.25) is 10.1 Å². The largest absolute Gasteiger partial charge is 0.461 e. The van der Waals surface area contributed by atoms with Crippen molar-refractivity contribution in [3.63, 3.8) is 0 Å². The summed E-state index contributed by atoms with van der Waals surface area (Å²) >= 11 is 5.35. The van der Waals surface area contributed by atoms with Crippen molar-refractivity contribution < 1.29 is 14.5 Å². The number of hydrogen-bond donors (Lipinski definition) is 0. The van der Waals surface area contributed by atoms with Crippen molar-refractivity contribution in [1.82, 2.24) is 0 Å². The molecule has 0 aliphatic rings. The molecule has 0 aliphatic heterocycles. The number of esters is 1. The van der Waals surface area contributed by atoms with Crippen LogP contribution in [0.2, 0.25) is 0 Å². The van der Waals surface area contributed by atoms with E-state index in [9.17, 15) is 14.9 Å².